The number of benzene rings is 4. The number of aliphatic hydroxyl groups is 2. The van der Waals surface area contributed by atoms with Gasteiger partial charge in [-0.3, -0.25) is 55.0 Å². The molecular formula is C83H104F4N22O2. The van der Waals surface area contributed by atoms with E-state index in [1.807, 2.05) is 62.6 Å². The standard InChI is InChI=1S/C20H23FN6.2C20H22FN5O.C19H21FN6.4CH4/c1-26-10-11-27(13-17(26)12-22)20-18(14-6-8-23-9-7-14)19(24-25-20)15-2-4-16(21)5-3-15;2*1-25-10-11-26(12-17(25)13-27)20-18(14-6-8-22-9-7-14)19(23-24-20)15-2-4-16(21)5-3-15;20-15-3-1-14(2-4-15)18-17(13-5-7-22-8-6-13)19(25-24-18)26-10-9-23-16(11-21)12-26;;;;/h2-9,17H,10-13,22H2,1H3,(H,24,25);2*2-9,17,27H,10-13H2,1H3,(H,23,24);1-8,16,23H,9-12,21H2,(H,24,25);4*1H4. The first-order chi connectivity index (χ1) is 52.3. The number of rotatable bonds is 16. The number of aromatic amines is 4. The summed E-state index contributed by atoms with van der Waals surface area (Å²) in [7, 11) is 6.15. The van der Waals surface area contributed by atoms with Gasteiger partial charge in [0.05, 0.1) is 70.3 Å². The minimum atomic E-state index is -0.270. The van der Waals surface area contributed by atoms with E-state index in [1.54, 1.807) is 98.1 Å². The molecule has 0 aliphatic carbocycles. The van der Waals surface area contributed by atoms with Gasteiger partial charge >= 0.3 is 0 Å². The Morgan fingerprint density at radius 3 is 0.838 bits per heavy atom. The number of aliphatic hydroxyl groups excluding tert-OH is 2. The fourth-order valence-corrected chi connectivity index (χ4v) is 14.0. The minimum absolute atomic E-state index is 0. The number of likely N-dealkylation sites (N-methyl/N-ethyl adjacent to an activating group) is 3. The number of hydrogen-bond donors (Lipinski definition) is 9. The summed E-state index contributed by atoms with van der Waals surface area (Å²) in [6.07, 6.45) is 14.1. The number of aromatic nitrogens is 12. The van der Waals surface area contributed by atoms with Gasteiger partial charge in [0.25, 0.3) is 0 Å². The maximum absolute atomic E-state index is 13.4. The maximum atomic E-state index is 13.4. The summed E-state index contributed by atoms with van der Waals surface area (Å²) >= 11 is 0. The molecule has 28 heteroatoms. The highest BCUT2D eigenvalue weighted by atomic mass is 19.1. The molecule has 4 saturated heterocycles. The van der Waals surface area contributed by atoms with Crippen LogP contribution in [-0.2, 0) is 0 Å². The second-order valence-electron chi connectivity index (χ2n) is 26.8. The molecule has 111 heavy (non-hydrogen) atoms. The van der Waals surface area contributed by atoms with Gasteiger partial charge in [-0.25, -0.2) is 17.6 Å². The SMILES string of the molecule is C.C.C.C.CN1CCN(c2n[nH]c(-c3ccc(F)cc3)c2-c2ccncc2)CC1CN.CN1CCN(c2n[nH]c(-c3ccc(F)cc3)c2-c2ccncc2)CC1CO.CN1CCN(c2n[nH]c(-c3ccc(F)cc3)c2-c2ccncc2)CC1CO.NCC1CN(c2n[nH]c(-c3ccc(F)cc3)c2-c2ccncc2)CCN1. The molecule has 8 aromatic heterocycles. The van der Waals surface area contributed by atoms with Gasteiger partial charge in [-0.1, -0.05) is 29.7 Å². The second-order valence-corrected chi connectivity index (χ2v) is 26.8. The summed E-state index contributed by atoms with van der Waals surface area (Å²) in [5.74, 6) is 2.41. The molecule has 4 unspecified atom stereocenters. The van der Waals surface area contributed by atoms with Crippen LogP contribution in [0.5, 0.6) is 0 Å². The fraction of sp³-hybridized carbons (Fsp3) is 0.325. The molecule has 12 aromatic rings. The summed E-state index contributed by atoms with van der Waals surface area (Å²) in [6, 6.07) is 42.0. The van der Waals surface area contributed by atoms with Crippen LogP contribution < -0.4 is 36.4 Å². The van der Waals surface area contributed by atoms with Gasteiger partial charge in [-0.05, 0) is 189 Å². The summed E-state index contributed by atoms with van der Waals surface area (Å²) in [5, 5.41) is 53.8. The number of nitrogens with zero attached hydrogens (tertiary/aromatic N) is 15. The van der Waals surface area contributed by atoms with Crippen LogP contribution in [0.1, 0.15) is 29.7 Å². The molecule has 16 rings (SSSR count). The average molecular weight is 1520 g/mol. The summed E-state index contributed by atoms with van der Waals surface area (Å²) in [4.78, 5) is 32.0. The molecule has 11 N–H and O–H groups in total. The van der Waals surface area contributed by atoms with Crippen LogP contribution in [0.15, 0.2) is 195 Å². The second kappa shape index (κ2) is 39.5. The maximum Gasteiger partial charge on any atom is 0.159 e. The van der Waals surface area contributed by atoms with Crippen molar-refractivity contribution >= 4 is 23.3 Å². The number of hydrogen-bond acceptors (Lipinski definition) is 20. The van der Waals surface area contributed by atoms with E-state index >= 15 is 0 Å². The topological polar surface area (TPSA) is 293 Å². The van der Waals surface area contributed by atoms with Crippen LogP contribution in [-0.4, -0.2) is 236 Å². The van der Waals surface area contributed by atoms with Crippen molar-refractivity contribution in [3.8, 4) is 89.5 Å². The lowest BCUT2D eigenvalue weighted by Gasteiger charge is -2.39. The van der Waals surface area contributed by atoms with Gasteiger partial charge in [0.15, 0.2) is 23.3 Å². The van der Waals surface area contributed by atoms with Crippen LogP contribution in [0.4, 0.5) is 40.8 Å². The highest BCUT2D eigenvalue weighted by molar-refractivity contribution is 5.92. The third-order valence-electron chi connectivity index (χ3n) is 20.2. The molecule has 0 bridgehead atoms. The van der Waals surface area contributed by atoms with Gasteiger partial charge in [-0.15, -0.1) is 0 Å². The molecule has 4 aliphatic rings. The number of nitrogens with two attached hydrogens (primary N) is 2. The van der Waals surface area contributed by atoms with Gasteiger partial charge in [0, 0.05) is 176 Å². The van der Waals surface area contributed by atoms with E-state index in [2.05, 4.69) is 107 Å². The van der Waals surface area contributed by atoms with Crippen molar-refractivity contribution in [3.05, 3.63) is 218 Å². The van der Waals surface area contributed by atoms with Crippen LogP contribution in [0.3, 0.4) is 0 Å². The smallest absolute Gasteiger partial charge is 0.159 e. The van der Waals surface area contributed by atoms with Gasteiger partial charge in [0.2, 0.25) is 0 Å². The average Bonchev–Trinajstić information content (AvgIpc) is 1.67. The highest BCUT2D eigenvalue weighted by Crippen LogP contribution is 2.43. The lowest BCUT2D eigenvalue weighted by Crippen LogP contribution is -2.54. The Labute approximate surface area is 647 Å². The van der Waals surface area contributed by atoms with E-state index in [4.69, 9.17) is 11.5 Å². The molecule has 0 saturated carbocycles. The Hall–Kier alpha value is -11.1. The molecule has 4 atom stereocenters. The lowest BCUT2D eigenvalue weighted by molar-refractivity contribution is 0.135. The molecule has 4 aliphatic heterocycles. The number of nitrogens with one attached hydrogen (secondary N) is 5. The van der Waals surface area contributed by atoms with Gasteiger partial charge < -0.3 is 46.6 Å². The number of piperazine rings is 4. The Kier molecular flexibility index (Phi) is 29.9. The number of anilines is 4. The summed E-state index contributed by atoms with van der Waals surface area (Å²) in [6.45, 7) is 11.2. The first-order valence-electron chi connectivity index (χ1n) is 35.7. The fourth-order valence-electron chi connectivity index (χ4n) is 14.0. The normalized spacial score (nSPS) is 17.3. The molecule has 4 fully saturated rings. The Bertz CT molecular complexity index is 4390. The van der Waals surface area contributed by atoms with Crippen molar-refractivity contribution in [2.24, 2.45) is 11.5 Å². The predicted molar refractivity (Wildman–Crippen MR) is 438 cm³/mol. The van der Waals surface area contributed by atoms with E-state index in [0.717, 1.165) is 178 Å². The Morgan fingerprint density at radius 1 is 0.333 bits per heavy atom. The van der Waals surface area contributed by atoms with E-state index in [-0.39, 0.29) is 90.4 Å². The van der Waals surface area contributed by atoms with E-state index in [0.29, 0.717) is 26.2 Å². The zero-order chi connectivity index (χ0) is 74.3. The third kappa shape index (κ3) is 19.6. The quantitative estimate of drug-likeness (QED) is 0.0406. The number of H-pyrrole nitrogens is 4. The van der Waals surface area contributed by atoms with E-state index in [9.17, 15) is 27.8 Å². The minimum Gasteiger partial charge on any atom is -0.395 e. The number of halogens is 4. The summed E-state index contributed by atoms with van der Waals surface area (Å²) in [5.41, 5.74) is 26.7. The first kappa shape index (κ1) is 83.9. The van der Waals surface area contributed by atoms with Crippen LogP contribution in [0, 0.1) is 23.3 Å². The van der Waals surface area contributed by atoms with Crippen molar-refractivity contribution in [3.63, 3.8) is 0 Å². The van der Waals surface area contributed by atoms with Crippen molar-refractivity contribution in [1.29, 1.82) is 0 Å². The van der Waals surface area contributed by atoms with Crippen LogP contribution in [0.2, 0.25) is 0 Å². The largest absolute Gasteiger partial charge is 0.395 e. The number of pyridine rings is 4. The zero-order valence-corrected chi connectivity index (χ0v) is 59.9. The zero-order valence-electron chi connectivity index (χ0n) is 59.9. The monoisotopic (exact) mass is 1520 g/mol. The van der Waals surface area contributed by atoms with E-state index < -0.39 is 0 Å². The van der Waals surface area contributed by atoms with Crippen molar-refractivity contribution in [2.45, 2.75) is 53.9 Å². The Morgan fingerprint density at radius 2 is 0.586 bits per heavy atom. The Balaban J connectivity index is 0.000000168. The molecule has 0 radical (unpaired) electrons. The molecular weight excluding hydrogens is 1410 g/mol. The third-order valence-corrected chi connectivity index (χ3v) is 20.2. The van der Waals surface area contributed by atoms with Crippen molar-refractivity contribution in [1.82, 2.24) is 80.7 Å². The van der Waals surface area contributed by atoms with Crippen LogP contribution in [0.25, 0.3) is 89.5 Å². The lowest BCUT2D eigenvalue weighted by atomic mass is 10.0. The first-order valence-corrected chi connectivity index (χ1v) is 35.7. The van der Waals surface area contributed by atoms with E-state index in [1.165, 1.54) is 48.5 Å². The molecule has 12 heterocycles. The van der Waals surface area contributed by atoms with Gasteiger partial charge in [-0.2, -0.15) is 20.4 Å². The predicted octanol–water partition coefficient (Wildman–Crippen LogP) is 11.7. The van der Waals surface area contributed by atoms with Crippen LogP contribution >= 0.6 is 0 Å². The molecule has 586 valence electrons. The van der Waals surface area contributed by atoms with Crippen molar-refractivity contribution < 1.29 is 27.8 Å². The molecule has 4 aromatic carbocycles. The molecule has 0 amide bonds. The van der Waals surface area contributed by atoms with Crippen molar-refractivity contribution in [2.75, 3.05) is 146 Å². The molecule has 24 nitrogen and oxygen atoms in total. The summed E-state index contributed by atoms with van der Waals surface area (Å²) < 4.78 is 53.5. The highest BCUT2D eigenvalue weighted by Gasteiger charge is 2.33. The van der Waals surface area contributed by atoms with Gasteiger partial charge in [0.1, 0.15) is 23.3 Å². The molecule has 0 spiro atoms.